The van der Waals surface area contributed by atoms with Crippen LogP contribution in [0.5, 0.6) is 0 Å². The molecule has 3 rings (SSSR count). The van der Waals surface area contributed by atoms with Gasteiger partial charge < -0.3 is 11.1 Å². The fourth-order valence-corrected chi connectivity index (χ4v) is 2.18. The first kappa shape index (κ1) is 12.9. The van der Waals surface area contributed by atoms with E-state index in [4.69, 9.17) is 5.73 Å². The first-order chi connectivity index (χ1) is 10.1. The van der Waals surface area contributed by atoms with Crippen LogP contribution in [-0.2, 0) is 0 Å². The van der Waals surface area contributed by atoms with Crippen LogP contribution in [0.15, 0.2) is 54.9 Å². The second-order valence-electron chi connectivity index (χ2n) is 4.56. The molecule has 0 atom stereocenters. The fraction of sp³-hybridized carbons (Fsp3) is 0. The Morgan fingerprint density at radius 2 is 2.05 bits per heavy atom. The molecule has 0 spiro atoms. The number of nitro groups is 1. The summed E-state index contributed by atoms with van der Waals surface area (Å²) in [5.74, 6) is 0. The molecule has 6 nitrogen and oxygen atoms in total. The molecule has 0 fully saturated rings. The largest absolute Gasteiger partial charge is 0.393 e. The Morgan fingerprint density at radius 1 is 1.19 bits per heavy atom. The summed E-state index contributed by atoms with van der Waals surface area (Å²) in [6, 6.07) is 12.3. The smallest absolute Gasteiger partial charge is 0.292 e. The van der Waals surface area contributed by atoms with Gasteiger partial charge in [0.2, 0.25) is 0 Å². The SMILES string of the molecule is Nc1cc(Nc2cccc3ccncc23)ccc1[N+](=O)[O-]. The molecule has 104 valence electrons. The number of anilines is 3. The van der Waals surface area contributed by atoms with Gasteiger partial charge in [-0.1, -0.05) is 12.1 Å². The lowest BCUT2D eigenvalue weighted by atomic mass is 10.1. The molecule has 0 saturated heterocycles. The average Bonchev–Trinajstić information content (AvgIpc) is 2.47. The number of hydrogen-bond donors (Lipinski definition) is 2. The molecule has 2 aromatic carbocycles. The lowest BCUT2D eigenvalue weighted by Gasteiger charge is -2.10. The maximum absolute atomic E-state index is 10.8. The highest BCUT2D eigenvalue weighted by atomic mass is 16.6. The number of hydrogen-bond acceptors (Lipinski definition) is 5. The van der Waals surface area contributed by atoms with E-state index in [1.165, 1.54) is 6.07 Å². The number of benzene rings is 2. The lowest BCUT2D eigenvalue weighted by Crippen LogP contribution is -1.98. The second-order valence-corrected chi connectivity index (χ2v) is 4.56. The predicted octanol–water partition coefficient (Wildman–Crippen LogP) is 3.47. The quantitative estimate of drug-likeness (QED) is 0.435. The molecule has 0 radical (unpaired) electrons. The van der Waals surface area contributed by atoms with Crippen molar-refractivity contribution in [1.82, 2.24) is 4.98 Å². The van der Waals surface area contributed by atoms with Crippen LogP contribution in [-0.4, -0.2) is 9.91 Å². The van der Waals surface area contributed by atoms with Crippen molar-refractivity contribution in [1.29, 1.82) is 0 Å². The summed E-state index contributed by atoms with van der Waals surface area (Å²) < 4.78 is 0. The number of nitrogens with zero attached hydrogens (tertiary/aromatic N) is 2. The summed E-state index contributed by atoms with van der Waals surface area (Å²) in [7, 11) is 0. The highest BCUT2D eigenvalue weighted by molar-refractivity contribution is 5.94. The third-order valence-electron chi connectivity index (χ3n) is 3.19. The van der Waals surface area contributed by atoms with Crippen LogP contribution in [0, 0.1) is 10.1 Å². The van der Waals surface area contributed by atoms with E-state index in [9.17, 15) is 10.1 Å². The van der Waals surface area contributed by atoms with Crippen LogP contribution in [0.25, 0.3) is 10.8 Å². The maximum Gasteiger partial charge on any atom is 0.292 e. The van der Waals surface area contributed by atoms with Crippen LogP contribution in [0.1, 0.15) is 0 Å². The number of rotatable bonds is 3. The summed E-state index contributed by atoms with van der Waals surface area (Å²) in [5, 5.41) is 16.0. The Bertz CT molecular complexity index is 828. The van der Waals surface area contributed by atoms with Gasteiger partial charge in [-0.15, -0.1) is 0 Å². The number of aromatic nitrogens is 1. The van der Waals surface area contributed by atoms with Crippen molar-refractivity contribution in [2.45, 2.75) is 0 Å². The average molecular weight is 280 g/mol. The van der Waals surface area contributed by atoms with Crippen molar-refractivity contribution in [2.24, 2.45) is 0 Å². The summed E-state index contributed by atoms with van der Waals surface area (Å²) in [6.45, 7) is 0. The fourth-order valence-electron chi connectivity index (χ4n) is 2.18. The van der Waals surface area contributed by atoms with Gasteiger partial charge in [0.05, 0.1) is 4.92 Å². The molecule has 0 unspecified atom stereocenters. The molecule has 0 aliphatic rings. The van der Waals surface area contributed by atoms with Gasteiger partial charge in [0.15, 0.2) is 0 Å². The van der Waals surface area contributed by atoms with Crippen molar-refractivity contribution in [3.05, 3.63) is 65.0 Å². The number of nitrogens with one attached hydrogen (secondary N) is 1. The summed E-state index contributed by atoms with van der Waals surface area (Å²) >= 11 is 0. The van der Waals surface area contributed by atoms with Gasteiger partial charge in [0.1, 0.15) is 5.69 Å². The highest BCUT2D eigenvalue weighted by Crippen LogP contribution is 2.29. The van der Waals surface area contributed by atoms with Gasteiger partial charge in [-0.3, -0.25) is 15.1 Å². The summed E-state index contributed by atoms with van der Waals surface area (Å²) in [6.07, 6.45) is 3.50. The first-order valence-corrected chi connectivity index (χ1v) is 6.29. The first-order valence-electron chi connectivity index (χ1n) is 6.29. The van der Waals surface area contributed by atoms with Crippen molar-refractivity contribution in [2.75, 3.05) is 11.1 Å². The standard InChI is InChI=1S/C15H12N4O2/c16-13-8-11(4-5-15(13)19(20)21)18-14-3-1-2-10-6-7-17-9-12(10)14/h1-9,18H,16H2. The number of fused-ring (bicyclic) bond motifs is 1. The van der Waals surface area contributed by atoms with Crippen molar-refractivity contribution < 1.29 is 4.92 Å². The Kier molecular flexibility index (Phi) is 3.12. The van der Waals surface area contributed by atoms with Gasteiger partial charge in [0, 0.05) is 35.2 Å². The van der Waals surface area contributed by atoms with Crippen molar-refractivity contribution >= 4 is 33.5 Å². The van der Waals surface area contributed by atoms with Crippen molar-refractivity contribution in [3.63, 3.8) is 0 Å². The minimum absolute atomic E-state index is 0.0971. The van der Waals surface area contributed by atoms with Gasteiger partial charge in [-0.2, -0.15) is 0 Å². The number of nitro benzene ring substituents is 1. The molecule has 1 aromatic heterocycles. The van der Waals surface area contributed by atoms with E-state index in [0.29, 0.717) is 5.69 Å². The molecule has 0 bridgehead atoms. The monoisotopic (exact) mass is 280 g/mol. The maximum atomic E-state index is 10.8. The molecule has 0 amide bonds. The second kappa shape index (κ2) is 5.09. The number of pyridine rings is 1. The minimum Gasteiger partial charge on any atom is -0.393 e. The van der Waals surface area contributed by atoms with Crippen LogP contribution >= 0.6 is 0 Å². The summed E-state index contributed by atoms with van der Waals surface area (Å²) in [4.78, 5) is 14.4. The molecular weight excluding hydrogens is 268 g/mol. The number of nitrogen functional groups attached to an aromatic ring is 1. The highest BCUT2D eigenvalue weighted by Gasteiger charge is 2.11. The zero-order valence-corrected chi connectivity index (χ0v) is 11.0. The van der Waals surface area contributed by atoms with E-state index in [1.807, 2.05) is 24.3 Å². The minimum atomic E-state index is -0.499. The van der Waals surface area contributed by atoms with Crippen LogP contribution in [0.2, 0.25) is 0 Å². The molecule has 3 N–H and O–H groups in total. The van der Waals surface area contributed by atoms with Gasteiger partial charge >= 0.3 is 0 Å². The topological polar surface area (TPSA) is 94.1 Å². The normalized spacial score (nSPS) is 10.5. The van der Waals surface area contributed by atoms with Crippen LogP contribution < -0.4 is 11.1 Å². The van der Waals surface area contributed by atoms with E-state index in [-0.39, 0.29) is 11.4 Å². The Balaban J connectivity index is 1.99. The third kappa shape index (κ3) is 2.46. The molecule has 0 aliphatic carbocycles. The zero-order chi connectivity index (χ0) is 14.8. The van der Waals surface area contributed by atoms with E-state index >= 15 is 0 Å². The molecule has 1 heterocycles. The Hall–Kier alpha value is -3.15. The van der Waals surface area contributed by atoms with E-state index in [0.717, 1.165) is 16.5 Å². The Morgan fingerprint density at radius 3 is 2.81 bits per heavy atom. The molecule has 0 saturated carbocycles. The Labute approximate surface area is 120 Å². The van der Waals surface area contributed by atoms with Gasteiger partial charge in [-0.25, -0.2) is 0 Å². The molecule has 6 heteroatoms. The van der Waals surface area contributed by atoms with Crippen LogP contribution in [0.4, 0.5) is 22.7 Å². The zero-order valence-electron chi connectivity index (χ0n) is 11.0. The van der Waals surface area contributed by atoms with E-state index in [2.05, 4.69) is 10.3 Å². The molecule has 0 aliphatic heterocycles. The van der Waals surface area contributed by atoms with E-state index in [1.54, 1.807) is 24.5 Å². The molecule has 3 aromatic rings. The third-order valence-corrected chi connectivity index (χ3v) is 3.19. The van der Waals surface area contributed by atoms with Crippen molar-refractivity contribution in [3.8, 4) is 0 Å². The predicted molar refractivity (Wildman–Crippen MR) is 82.5 cm³/mol. The number of nitrogens with two attached hydrogens (primary N) is 1. The summed E-state index contributed by atoms with van der Waals surface area (Å²) in [5.41, 5.74) is 7.28. The molecule has 21 heavy (non-hydrogen) atoms. The lowest BCUT2D eigenvalue weighted by molar-refractivity contribution is -0.383. The van der Waals surface area contributed by atoms with E-state index < -0.39 is 4.92 Å². The van der Waals surface area contributed by atoms with Gasteiger partial charge in [0.25, 0.3) is 5.69 Å². The van der Waals surface area contributed by atoms with Crippen LogP contribution in [0.3, 0.4) is 0 Å². The molecular formula is C15H12N4O2. The van der Waals surface area contributed by atoms with Gasteiger partial charge in [-0.05, 0) is 29.7 Å².